The van der Waals surface area contributed by atoms with E-state index in [1.807, 2.05) is 0 Å². The fourth-order valence-electron chi connectivity index (χ4n) is 2.17. The van der Waals surface area contributed by atoms with Crippen LogP contribution in [0.4, 0.5) is 13.2 Å². The highest BCUT2D eigenvalue weighted by Crippen LogP contribution is 2.33. The molecule has 6 nitrogen and oxygen atoms in total. The van der Waals surface area contributed by atoms with E-state index in [1.54, 1.807) is 18.2 Å². The first-order valence-electron chi connectivity index (χ1n) is 7.07. The summed E-state index contributed by atoms with van der Waals surface area (Å²) in [5, 5.41) is 0. The van der Waals surface area contributed by atoms with Crippen LogP contribution in [-0.4, -0.2) is 21.6 Å². The van der Waals surface area contributed by atoms with Crippen molar-refractivity contribution in [3.8, 4) is 17.2 Å². The van der Waals surface area contributed by atoms with E-state index >= 15 is 0 Å². The molecule has 11 heteroatoms. The zero-order valence-electron chi connectivity index (χ0n) is 12.8. The van der Waals surface area contributed by atoms with Gasteiger partial charge in [0, 0.05) is 6.54 Å². The molecular formula is C15H11BrF3NO5S. The molecule has 2 aromatic carbocycles. The van der Waals surface area contributed by atoms with Crippen molar-refractivity contribution in [1.82, 2.24) is 4.72 Å². The molecule has 0 saturated carbocycles. The van der Waals surface area contributed by atoms with Gasteiger partial charge in [0.1, 0.15) is 5.75 Å². The molecule has 0 atom stereocenters. The van der Waals surface area contributed by atoms with Crippen molar-refractivity contribution in [3.63, 3.8) is 0 Å². The van der Waals surface area contributed by atoms with Gasteiger partial charge in [-0.2, -0.15) is 0 Å². The van der Waals surface area contributed by atoms with Crippen LogP contribution in [0.25, 0.3) is 0 Å². The van der Waals surface area contributed by atoms with E-state index in [0.717, 1.165) is 18.2 Å². The molecule has 140 valence electrons. The third-order valence-electron chi connectivity index (χ3n) is 3.34. The minimum absolute atomic E-state index is 0.0304. The molecule has 3 rings (SSSR count). The van der Waals surface area contributed by atoms with E-state index in [9.17, 15) is 21.6 Å². The van der Waals surface area contributed by atoms with Crippen molar-refractivity contribution in [2.45, 2.75) is 17.8 Å². The Morgan fingerprint density at radius 1 is 1.12 bits per heavy atom. The second-order valence-electron chi connectivity index (χ2n) is 5.15. The zero-order valence-corrected chi connectivity index (χ0v) is 15.2. The van der Waals surface area contributed by atoms with Gasteiger partial charge in [-0.1, -0.05) is 6.07 Å². The van der Waals surface area contributed by atoms with Crippen molar-refractivity contribution in [1.29, 1.82) is 0 Å². The number of halogens is 4. The monoisotopic (exact) mass is 453 g/mol. The van der Waals surface area contributed by atoms with Crippen LogP contribution in [-0.2, 0) is 16.6 Å². The van der Waals surface area contributed by atoms with Crippen molar-refractivity contribution >= 4 is 26.0 Å². The van der Waals surface area contributed by atoms with Crippen molar-refractivity contribution in [2.75, 3.05) is 6.79 Å². The molecule has 0 saturated heterocycles. The number of nitrogens with one attached hydrogen (secondary N) is 1. The molecule has 1 N–H and O–H groups in total. The highest BCUT2D eigenvalue weighted by Gasteiger charge is 2.32. The maximum absolute atomic E-state index is 12.3. The predicted octanol–water partition coefficient (Wildman–Crippen LogP) is 3.55. The average molecular weight is 454 g/mol. The van der Waals surface area contributed by atoms with Crippen LogP contribution in [0.15, 0.2) is 45.8 Å². The highest BCUT2D eigenvalue weighted by atomic mass is 79.9. The Bertz CT molecular complexity index is 933. The fraction of sp³-hybridized carbons (Fsp3) is 0.200. The fourth-order valence-corrected chi connectivity index (χ4v) is 3.82. The number of hydrogen-bond donors (Lipinski definition) is 1. The average Bonchev–Trinajstić information content (AvgIpc) is 3.01. The smallest absolute Gasteiger partial charge is 0.454 e. The number of ether oxygens (including phenoxy) is 3. The van der Waals surface area contributed by atoms with Crippen LogP contribution >= 0.6 is 15.9 Å². The Morgan fingerprint density at radius 3 is 2.54 bits per heavy atom. The summed E-state index contributed by atoms with van der Waals surface area (Å²) in [5.74, 6) is 0.547. The molecule has 26 heavy (non-hydrogen) atoms. The van der Waals surface area contributed by atoms with Gasteiger partial charge in [0.25, 0.3) is 0 Å². The number of fused-ring (bicyclic) bond motifs is 1. The molecule has 0 fully saturated rings. The third kappa shape index (κ3) is 4.40. The normalized spacial score (nSPS) is 13.7. The van der Waals surface area contributed by atoms with Crippen molar-refractivity contribution in [2.24, 2.45) is 0 Å². The molecule has 0 radical (unpaired) electrons. The van der Waals surface area contributed by atoms with E-state index in [1.165, 1.54) is 0 Å². The summed E-state index contributed by atoms with van der Waals surface area (Å²) in [6, 6.07) is 7.95. The number of rotatable bonds is 5. The number of sulfonamides is 1. The second kappa shape index (κ2) is 6.97. The summed E-state index contributed by atoms with van der Waals surface area (Å²) in [6.45, 7) is 0.0717. The van der Waals surface area contributed by atoms with Gasteiger partial charge < -0.3 is 14.2 Å². The quantitative estimate of drug-likeness (QED) is 0.749. The molecule has 2 aromatic rings. The second-order valence-corrected chi connectivity index (χ2v) is 7.77. The maximum atomic E-state index is 12.3. The first-order valence-corrected chi connectivity index (χ1v) is 9.35. The van der Waals surface area contributed by atoms with E-state index in [0.29, 0.717) is 17.1 Å². The standard InChI is InChI=1S/C15H11BrF3NO5S/c16-11-6-10(2-4-12(11)25-15(17,18)19)26(21,22)20-7-9-1-3-13-14(5-9)24-8-23-13/h1-6,20H,7-8H2. The number of benzene rings is 2. The van der Waals surface area contributed by atoms with E-state index in [2.05, 4.69) is 25.4 Å². The predicted molar refractivity (Wildman–Crippen MR) is 87.4 cm³/mol. The Hall–Kier alpha value is -1.98. The summed E-state index contributed by atoms with van der Waals surface area (Å²) in [4.78, 5) is -0.209. The third-order valence-corrected chi connectivity index (χ3v) is 5.36. The maximum Gasteiger partial charge on any atom is 0.573 e. The van der Waals surface area contributed by atoms with Gasteiger partial charge >= 0.3 is 6.36 Å². The van der Waals surface area contributed by atoms with Gasteiger partial charge in [-0.15, -0.1) is 13.2 Å². The van der Waals surface area contributed by atoms with Crippen LogP contribution in [0.1, 0.15) is 5.56 Å². The lowest BCUT2D eigenvalue weighted by Crippen LogP contribution is -2.23. The van der Waals surface area contributed by atoms with Gasteiger partial charge in [0.15, 0.2) is 11.5 Å². The Morgan fingerprint density at radius 2 is 1.85 bits per heavy atom. The topological polar surface area (TPSA) is 73.9 Å². The van der Waals surface area contributed by atoms with E-state index in [4.69, 9.17) is 9.47 Å². The molecule has 0 bridgehead atoms. The Labute approximate surface area is 155 Å². The van der Waals surface area contributed by atoms with Crippen LogP contribution in [0.5, 0.6) is 17.2 Å². The van der Waals surface area contributed by atoms with Crippen molar-refractivity contribution in [3.05, 3.63) is 46.4 Å². The summed E-state index contributed by atoms with van der Waals surface area (Å²) in [7, 11) is -3.94. The first kappa shape index (κ1) is 18.8. The van der Waals surface area contributed by atoms with Gasteiger partial charge in [-0.3, -0.25) is 0 Å². The Balaban J connectivity index is 1.73. The molecule has 1 aliphatic heterocycles. The molecule has 0 aliphatic carbocycles. The zero-order chi connectivity index (χ0) is 18.9. The largest absolute Gasteiger partial charge is 0.573 e. The van der Waals surface area contributed by atoms with Crippen LogP contribution in [0, 0.1) is 0 Å². The lowest BCUT2D eigenvalue weighted by atomic mass is 10.2. The summed E-state index contributed by atoms with van der Waals surface area (Å²) in [5.41, 5.74) is 0.633. The van der Waals surface area contributed by atoms with Crippen LogP contribution in [0.2, 0.25) is 0 Å². The molecule has 0 amide bonds. The van der Waals surface area contributed by atoms with E-state index < -0.39 is 22.1 Å². The molecule has 1 heterocycles. The number of alkyl halides is 3. The van der Waals surface area contributed by atoms with Gasteiger partial charge in [-0.05, 0) is 51.8 Å². The lowest BCUT2D eigenvalue weighted by Gasteiger charge is -2.12. The summed E-state index contributed by atoms with van der Waals surface area (Å²) in [6.07, 6.45) is -4.87. The molecule has 0 aromatic heterocycles. The summed E-state index contributed by atoms with van der Waals surface area (Å²) >= 11 is 2.87. The lowest BCUT2D eigenvalue weighted by molar-refractivity contribution is -0.274. The van der Waals surface area contributed by atoms with Gasteiger partial charge in [-0.25, -0.2) is 13.1 Å². The minimum atomic E-state index is -4.87. The van der Waals surface area contributed by atoms with Crippen LogP contribution < -0.4 is 18.9 Å². The van der Waals surface area contributed by atoms with Gasteiger partial charge in [0.2, 0.25) is 16.8 Å². The SMILES string of the molecule is O=S(=O)(NCc1ccc2c(c1)OCO2)c1ccc(OC(F)(F)F)c(Br)c1. The van der Waals surface area contributed by atoms with Crippen molar-refractivity contribution < 1.29 is 35.8 Å². The molecule has 0 unspecified atom stereocenters. The minimum Gasteiger partial charge on any atom is -0.454 e. The molecule has 0 spiro atoms. The van der Waals surface area contributed by atoms with Gasteiger partial charge in [0.05, 0.1) is 9.37 Å². The Kier molecular flexibility index (Phi) is 5.04. The van der Waals surface area contributed by atoms with Crippen LogP contribution in [0.3, 0.4) is 0 Å². The van der Waals surface area contributed by atoms with E-state index in [-0.39, 0.29) is 22.7 Å². The summed E-state index contributed by atoms with van der Waals surface area (Å²) < 4.78 is 77.9. The first-order chi connectivity index (χ1) is 12.1. The molecule has 1 aliphatic rings. The molecular weight excluding hydrogens is 443 g/mol. The number of hydrogen-bond acceptors (Lipinski definition) is 5. The highest BCUT2D eigenvalue weighted by molar-refractivity contribution is 9.10.